The zero-order chi connectivity index (χ0) is 23.5. The highest BCUT2D eigenvalue weighted by molar-refractivity contribution is 7.18. The van der Waals surface area contributed by atoms with Crippen LogP contribution in [0.1, 0.15) is 56.9 Å². The standard InChI is InChI=1S/C29H33NS2Si/c1-18-8-12-22(13-9-18)33(30-29(5,6)7,23-14-10-19(2)11-15-23)28-26-24(16-20(3)31-26)25-17-21(4)32-27(25)28/h8-17,28,30H,1-7H3. The predicted molar refractivity (Wildman–Crippen MR) is 149 cm³/mol. The highest BCUT2D eigenvalue weighted by Gasteiger charge is 2.53. The van der Waals surface area contributed by atoms with E-state index in [0.717, 1.165) is 0 Å². The number of aryl methyl sites for hydroxylation is 4. The number of fused-ring (bicyclic) bond motifs is 3. The second-order valence-corrected chi connectivity index (χ2v) is 16.8. The monoisotopic (exact) mass is 487 g/mol. The van der Waals surface area contributed by atoms with E-state index in [-0.39, 0.29) is 5.54 Å². The van der Waals surface area contributed by atoms with Crippen LogP contribution >= 0.6 is 22.7 Å². The summed E-state index contributed by atoms with van der Waals surface area (Å²) in [6, 6.07) is 23.6. The molecule has 5 rings (SSSR count). The van der Waals surface area contributed by atoms with Crippen LogP contribution in [-0.4, -0.2) is 13.8 Å². The van der Waals surface area contributed by atoms with E-state index in [1.807, 2.05) is 22.7 Å². The van der Waals surface area contributed by atoms with E-state index in [0.29, 0.717) is 5.54 Å². The van der Waals surface area contributed by atoms with Gasteiger partial charge < -0.3 is 4.98 Å². The fourth-order valence-corrected chi connectivity index (χ4v) is 14.0. The van der Waals surface area contributed by atoms with E-state index in [2.05, 4.69) is 114 Å². The second kappa shape index (κ2) is 8.05. The van der Waals surface area contributed by atoms with Gasteiger partial charge >= 0.3 is 0 Å². The van der Waals surface area contributed by atoms with Crippen molar-refractivity contribution in [3.8, 4) is 11.1 Å². The Balaban J connectivity index is 1.89. The van der Waals surface area contributed by atoms with Gasteiger partial charge in [-0.25, -0.2) is 0 Å². The van der Waals surface area contributed by atoms with Crippen molar-refractivity contribution in [2.45, 2.75) is 59.5 Å². The molecule has 1 N–H and O–H groups in total. The Morgan fingerprint density at radius 2 is 1.06 bits per heavy atom. The average Bonchev–Trinajstić information content (AvgIpc) is 3.36. The highest BCUT2D eigenvalue weighted by atomic mass is 32.1. The molecular formula is C29H33NS2Si. The number of benzene rings is 2. The summed E-state index contributed by atoms with van der Waals surface area (Å²) in [7, 11) is -2.50. The van der Waals surface area contributed by atoms with Crippen LogP contribution in [0.4, 0.5) is 0 Å². The van der Waals surface area contributed by atoms with Crippen molar-refractivity contribution in [1.29, 1.82) is 0 Å². The minimum absolute atomic E-state index is 0.0243. The number of nitrogens with one attached hydrogen (secondary N) is 1. The van der Waals surface area contributed by atoms with Crippen molar-refractivity contribution in [1.82, 2.24) is 4.98 Å². The minimum atomic E-state index is -2.50. The molecule has 4 aromatic rings. The molecule has 4 heteroatoms. The molecule has 0 amide bonds. The summed E-state index contributed by atoms with van der Waals surface area (Å²) in [5.74, 6) is 0. The SMILES string of the molecule is Cc1ccc([Si](NC(C)(C)C)(c2ccc(C)cc2)C2c3sc(C)cc3-c3cc(C)sc32)cc1. The highest BCUT2D eigenvalue weighted by Crippen LogP contribution is 2.54. The molecule has 0 bridgehead atoms. The Kier molecular flexibility index (Phi) is 5.56. The van der Waals surface area contributed by atoms with Gasteiger partial charge in [0, 0.05) is 30.6 Å². The van der Waals surface area contributed by atoms with Gasteiger partial charge in [-0.05, 0) is 82.1 Å². The van der Waals surface area contributed by atoms with Crippen molar-refractivity contribution in [3.05, 3.63) is 91.3 Å². The van der Waals surface area contributed by atoms with Crippen molar-refractivity contribution >= 4 is 41.3 Å². The van der Waals surface area contributed by atoms with Crippen molar-refractivity contribution in [2.24, 2.45) is 0 Å². The number of thiophene rings is 2. The van der Waals surface area contributed by atoms with Crippen molar-refractivity contribution in [3.63, 3.8) is 0 Å². The van der Waals surface area contributed by atoms with Crippen LogP contribution in [0.2, 0.25) is 0 Å². The molecule has 1 aliphatic rings. The van der Waals surface area contributed by atoms with Crippen LogP contribution in [0.15, 0.2) is 60.7 Å². The molecule has 2 heterocycles. The van der Waals surface area contributed by atoms with E-state index in [9.17, 15) is 0 Å². The molecule has 0 fully saturated rings. The lowest BCUT2D eigenvalue weighted by Gasteiger charge is -2.44. The Morgan fingerprint density at radius 1 is 0.667 bits per heavy atom. The van der Waals surface area contributed by atoms with E-state index in [1.165, 1.54) is 42.4 Å². The van der Waals surface area contributed by atoms with E-state index < -0.39 is 8.24 Å². The molecule has 170 valence electrons. The smallest absolute Gasteiger partial charge is 0.204 e. The lowest BCUT2D eigenvalue weighted by atomic mass is 10.1. The first-order valence-electron chi connectivity index (χ1n) is 11.7. The van der Waals surface area contributed by atoms with E-state index >= 15 is 0 Å². The van der Waals surface area contributed by atoms with Gasteiger partial charge in [0.2, 0.25) is 8.24 Å². The Morgan fingerprint density at radius 3 is 1.42 bits per heavy atom. The Bertz CT molecular complexity index is 1210. The maximum atomic E-state index is 4.34. The molecule has 2 aromatic heterocycles. The zero-order valence-electron chi connectivity index (χ0n) is 20.7. The quantitative estimate of drug-likeness (QED) is 0.311. The molecule has 0 atom stereocenters. The number of hydrogen-bond donors (Lipinski definition) is 1. The summed E-state index contributed by atoms with van der Waals surface area (Å²) in [4.78, 5) is 10.3. The lowest BCUT2D eigenvalue weighted by molar-refractivity contribution is 0.513. The van der Waals surface area contributed by atoms with E-state index in [4.69, 9.17) is 0 Å². The van der Waals surface area contributed by atoms with Crippen LogP contribution in [-0.2, 0) is 0 Å². The lowest BCUT2D eigenvalue weighted by Crippen LogP contribution is -2.75. The third-order valence-electron chi connectivity index (χ3n) is 6.60. The molecule has 1 nitrogen and oxygen atoms in total. The maximum absolute atomic E-state index is 4.34. The molecule has 0 spiro atoms. The summed E-state index contributed by atoms with van der Waals surface area (Å²) >= 11 is 4.00. The van der Waals surface area contributed by atoms with Crippen molar-refractivity contribution < 1.29 is 0 Å². The molecular weight excluding hydrogens is 455 g/mol. The number of hydrogen-bond acceptors (Lipinski definition) is 3. The fourth-order valence-electron chi connectivity index (χ4n) is 5.37. The van der Waals surface area contributed by atoms with Gasteiger partial charge in [0.15, 0.2) is 0 Å². The molecule has 0 unspecified atom stereocenters. The second-order valence-electron chi connectivity index (χ2n) is 10.6. The van der Waals surface area contributed by atoms with Gasteiger partial charge in [-0.15, -0.1) is 22.7 Å². The molecule has 1 aliphatic carbocycles. The maximum Gasteiger partial charge on any atom is 0.204 e. The molecule has 0 radical (unpaired) electrons. The first kappa shape index (κ1) is 22.8. The van der Waals surface area contributed by atoms with Crippen LogP contribution in [0, 0.1) is 27.7 Å². The van der Waals surface area contributed by atoms with Gasteiger partial charge in [-0.3, -0.25) is 0 Å². The summed E-state index contributed by atoms with van der Waals surface area (Å²) in [5.41, 5.74) is 5.90. The third kappa shape index (κ3) is 3.87. The predicted octanol–water partition coefficient (Wildman–Crippen LogP) is 6.84. The normalized spacial score (nSPS) is 13.9. The largest absolute Gasteiger partial charge is 0.325 e. The van der Waals surface area contributed by atoms with Gasteiger partial charge in [0.25, 0.3) is 0 Å². The Labute approximate surface area is 207 Å². The van der Waals surface area contributed by atoms with Crippen LogP contribution < -0.4 is 15.4 Å². The van der Waals surface area contributed by atoms with Gasteiger partial charge in [-0.2, -0.15) is 0 Å². The van der Waals surface area contributed by atoms with Gasteiger partial charge in [-0.1, -0.05) is 59.7 Å². The molecule has 2 aromatic carbocycles. The van der Waals surface area contributed by atoms with Crippen LogP contribution in [0.5, 0.6) is 0 Å². The summed E-state index contributed by atoms with van der Waals surface area (Å²) in [5, 5.41) is 2.93. The summed E-state index contributed by atoms with van der Waals surface area (Å²) in [6.45, 7) is 15.9. The molecule has 0 aliphatic heterocycles. The minimum Gasteiger partial charge on any atom is -0.325 e. The topological polar surface area (TPSA) is 12.0 Å². The van der Waals surface area contributed by atoms with Gasteiger partial charge in [0.05, 0.1) is 0 Å². The average molecular weight is 488 g/mol. The number of rotatable bonds is 4. The zero-order valence-corrected chi connectivity index (χ0v) is 23.3. The third-order valence-corrected chi connectivity index (χ3v) is 14.3. The fraction of sp³-hybridized carbons (Fsp3) is 0.310. The van der Waals surface area contributed by atoms with Crippen molar-refractivity contribution in [2.75, 3.05) is 0 Å². The first-order valence-corrected chi connectivity index (χ1v) is 15.4. The van der Waals surface area contributed by atoms with E-state index in [1.54, 1.807) is 9.75 Å². The summed E-state index contributed by atoms with van der Waals surface area (Å²) < 4.78 is 0. The molecule has 0 saturated heterocycles. The first-order chi connectivity index (χ1) is 15.6. The summed E-state index contributed by atoms with van der Waals surface area (Å²) in [6.07, 6.45) is 0. The molecule has 0 saturated carbocycles. The molecule has 33 heavy (non-hydrogen) atoms. The van der Waals surface area contributed by atoms with Crippen LogP contribution in [0.25, 0.3) is 11.1 Å². The van der Waals surface area contributed by atoms with Gasteiger partial charge in [0.1, 0.15) is 0 Å². The van der Waals surface area contributed by atoms with Crippen LogP contribution in [0.3, 0.4) is 0 Å². The Hall–Kier alpha value is -1.98.